The van der Waals surface area contributed by atoms with Crippen molar-refractivity contribution in [2.75, 3.05) is 6.54 Å². The van der Waals surface area contributed by atoms with Gasteiger partial charge in [0, 0.05) is 18.0 Å². The van der Waals surface area contributed by atoms with Crippen LogP contribution < -0.4 is 24.8 Å². The van der Waals surface area contributed by atoms with Crippen molar-refractivity contribution in [1.29, 1.82) is 0 Å². The number of nitrogens with zero attached hydrogens (tertiary/aromatic N) is 2. The third kappa shape index (κ3) is 9.81. The summed E-state index contributed by atoms with van der Waals surface area (Å²) in [6.07, 6.45) is 3.17. The summed E-state index contributed by atoms with van der Waals surface area (Å²) in [6.45, 7) is 19.3. The monoisotopic (exact) mass is 741 g/mol. The number of carbonyl (C=O) groups is 4. The normalized spacial score (nSPS) is 20.2. The second kappa shape index (κ2) is 15.1. The number of alkyl carbamates (subject to hydrolysis) is 1. The molecule has 1 aliphatic heterocycles. The van der Waals surface area contributed by atoms with Crippen LogP contribution in [0.5, 0.6) is 11.6 Å². The largest absolute Gasteiger partial charge is 0.491 e. The summed E-state index contributed by atoms with van der Waals surface area (Å²) in [4.78, 5) is 60.7. The van der Waals surface area contributed by atoms with Crippen LogP contribution in [0, 0.1) is 5.41 Å². The number of aromatic nitrogens is 1. The zero-order valence-electron chi connectivity index (χ0n) is 31.4. The number of ether oxygens (including phenoxy) is 3. The Morgan fingerprint density at radius 2 is 1.75 bits per heavy atom. The number of fused-ring (bicyclic) bond motifs is 1. The standard InChI is InChI=1S/C37H51N5O9S/c1-11-12-28(30(43)41-52(47,48)26-14-15-26)39-33(45)37(10)20-25(50-31-27-16-13-24(49-22(2)3)19-23(27)17-18-38-31)21-42(37)32(44)29(35(4,5)6)40-34(46)51-36(7,8)9/h11-13,16-19,22,25-26,29H,1,14-15,20-21H2,2-10H3,(H,39,45)(H,40,46)(H,41,43)/b28-12+/t25-,29-,37+/m1/s1. The van der Waals surface area contributed by atoms with E-state index in [4.69, 9.17) is 14.2 Å². The summed E-state index contributed by atoms with van der Waals surface area (Å²) in [7, 11) is -3.94. The van der Waals surface area contributed by atoms with E-state index in [9.17, 15) is 27.6 Å². The predicted molar refractivity (Wildman–Crippen MR) is 196 cm³/mol. The minimum Gasteiger partial charge on any atom is -0.491 e. The lowest BCUT2D eigenvalue weighted by atomic mass is 9.85. The topological polar surface area (TPSA) is 182 Å². The van der Waals surface area contributed by atoms with Gasteiger partial charge in [-0.2, -0.15) is 0 Å². The van der Waals surface area contributed by atoms with Gasteiger partial charge in [0.25, 0.3) is 5.91 Å². The number of rotatable bonds is 12. The molecule has 0 radical (unpaired) electrons. The number of amides is 4. The van der Waals surface area contributed by atoms with Crippen molar-refractivity contribution < 1.29 is 41.8 Å². The van der Waals surface area contributed by atoms with E-state index >= 15 is 0 Å². The maximum atomic E-state index is 14.6. The average Bonchev–Trinajstić information content (AvgIpc) is 3.82. The Hall–Kier alpha value is -4.66. The molecule has 0 bridgehead atoms. The third-order valence-electron chi connectivity index (χ3n) is 8.46. The molecule has 4 amide bonds. The van der Waals surface area contributed by atoms with E-state index in [1.165, 1.54) is 24.0 Å². The molecule has 0 spiro atoms. The van der Waals surface area contributed by atoms with Gasteiger partial charge in [-0.25, -0.2) is 22.9 Å². The van der Waals surface area contributed by atoms with Crippen molar-refractivity contribution in [3.63, 3.8) is 0 Å². The van der Waals surface area contributed by atoms with Crippen molar-refractivity contribution in [2.45, 2.75) is 116 Å². The number of hydrogen-bond acceptors (Lipinski definition) is 10. The average molecular weight is 742 g/mol. The van der Waals surface area contributed by atoms with E-state index in [0.717, 1.165) is 5.39 Å². The van der Waals surface area contributed by atoms with Crippen LogP contribution in [-0.4, -0.2) is 83.3 Å². The number of sulfonamides is 1. The molecule has 1 saturated carbocycles. The Balaban J connectivity index is 1.70. The van der Waals surface area contributed by atoms with Crippen molar-refractivity contribution in [3.05, 3.63) is 54.9 Å². The maximum Gasteiger partial charge on any atom is 0.408 e. The first kappa shape index (κ1) is 40.1. The van der Waals surface area contributed by atoms with Crippen molar-refractivity contribution in [2.24, 2.45) is 5.41 Å². The van der Waals surface area contributed by atoms with Gasteiger partial charge in [-0.1, -0.05) is 33.4 Å². The Bertz CT molecular complexity index is 1860. The van der Waals surface area contributed by atoms with Crippen molar-refractivity contribution in [1.82, 2.24) is 25.2 Å². The van der Waals surface area contributed by atoms with Crippen LogP contribution in [0.1, 0.15) is 81.6 Å². The zero-order valence-corrected chi connectivity index (χ0v) is 32.2. The molecule has 2 fully saturated rings. The number of likely N-dealkylation sites (tertiary alicyclic amines) is 1. The summed E-state index contributed by atoms with van der Waals surface area (Å²) in [5, 5.41) is 6.03. The molecule has 1 aromatic heterocycles. The molecule has 15 heteroatoms. The first-order valence-electron chi connectivity index (χ1n) is 17.3. The molecule has 1 saturated heterocycles. The molecule has 2 aliphatic rings. The number of benzene rings is 1. The number of nitrogens with one attached hydrogen (secondary N) is 3. The second-order valence-electron chi connectivity index (χ2n) is 15.7. The van der Waals surface area contributed by atoms with Crippen LogP contribution in [0.3, 0.4) is 0 Å². The number of pyridine rings is 1. The van der Waals surface area contributed by atoms with Gasteiger partial charge in [0.2, 0.25) is 27.7 Å². The molecule has 1 aromatic carbocycles. The number of carbonyl (C=O) groups excluding carboxylic acids is 4. The minimum atomic E-state index is -3.94. The van der Waals surface area contributed by atoms with Crippen LogP contribution in [0.4, 0.5) is 4.79 Å². The van der Waals surface area contributed by atoms with Crippen LogP contribution in [0.2, 0.25) is 0 Å². The molecule has 3 N–H and O–H groups in total. The molecule has 14 nitrogen and oxygen atoms in total. The second-order valence-corrected chi connectivity index (χ2v) is 17.7. The SMILES string of the molecule is C=C/C=C(/NC(=O)[C@]1(C)C[C@@H](Oc2nccc3cc(OC(C)C)ccc23)CN1C(=O)[C@@H](NC(=O)OC(C)(C)C)C(C)(C)C)C(=O)NS(=O)(=O)C1CC1. The van der Waals surface area contributed by atoms with Crippen LogP contribution >= 0.6 is 0 Å². The molecule has 0 unspecified atom stereocenters. The van der Waals surface area contributed by atoms with E-state index in [1.807, 2.05) is 36.8 Å². The van der Waals surface area contributed by atoms with Gasteiger partial charge in [0.05, 0.1) is 17.9 Å². The summed E-state index contributed by atoms with van der Waals surface area (Å²) >= 11 is 0. The summed E-state index contributed by atoms with van der Waals surface area (Å²) < 4.78 is 44.8. The fourth-order valence-electron chi connectivity index (χ4n) is 5.80. The summed E-state index contributed by atoms with van der Waals surface area (Å²) in [6, 6.07) is 6.15. The quantitative estimate of drug-likeness (QED) is 0.207. The molecular weight excluding hydrogens is 691 g/mol. The Labute approximate surface area is 305 Å². The summed E-state index contributed by atoms with van der Waals surface area (Å²) in [5.74, 6) is -1.49. The van der Waals surface area contributed by atoms with Gasteiger partial charge in [-0.3, -0.25) is 14.4 Å². The van der Waals surface area contributed by atoms with Gasteiger partial charge in [-0.15, -0.1) is 0 Å². The molecule has 2 heterocycles. The van der Waals surface area contributed by atoms with E-state index in [0.29, 0.717) is 24.0 Å². The van der Waals surface area contributed by atoms with Gasteiger partial charge < -0.3 is 29.7 Å². The van der Waals surface area contributed by atoms with Crippen LogP contribution in [0.15, 0.2) is 54.9 Å². The molecule has 52 heavy (non-hydrogen) atoms. The highest BCUT2D eigenvalue weighted by Crippen LogP contribution is 2.37. The lowest BCUT2D eigenvalue weighted by Crippen LogP contribution is -2.62. The molecule has 4 rings (SSSR count). The van der Waals surface area contributed by atoms with Gasteiger partial charge >= 0.3 is 6.09 Å². The highest BCUT2D eigenvalue weighted by atomic mass is 32.2. The predicted octanol–water partition coefficient (Wildman–Crippen LogP) is 4.49. The Morgan fingerprint density at radius 3 is 2.33 bits per heavy atom. The highest BCUT2D eigenvalue weighted by molar-refractivity contribution is 7.91. The van der Waals surface area contributed by atoms with Gasteiger partial charge in [-0.05, 0) is 95.5 Å². The molecular formula is C37H51N5O9S. The highest BCUT2D eigenvalue weighted by Gasteiger charge is 2.54. The van der Waals surface area contributed by atoms with Crippen LogP contribution in [0.25, 0.3) is 10.8 Å². The first-order valence-corrected chi connectivity index (χ1v) is 18.8. The van der Waals surface area contributed by atoms with Gasteiger partial charge in [0.15, 0.2) is 0 Å². The van der Waals surface area contributed by atoms with E-state index in [1.54, 1.807) is 53.8 Å². The number of allylic oxidation sites excluding steroid dienone is 2. The van der Waals surface area contributed by atoms with E-state index in [2.05, 4.69) is 22.2 Å². The fraction of sp³-hybridized carbons (Fsp3) is 0.541. The minimum absolute atomic E-state index is 0.0295. The first-order chi connectivity index (χ1) is 24.0. The molecule has 2 aromatic rings. The number of hydrogen-bond donors (Lipinski definition) is 3. The Morgan fingerprint density at radius 1 is 1.08 bits per heavy atom. The lowest BCUT2D eigenvalue weighted by molar-refractivity contribution is -0.147. The fourth-order valence-corrected chi connectivity index (χ4v) is 7.09. The lowest BCUT2D eigenvalue weighted by Gasteiger charge is -2.39. The summed E-state index contributed by atoms with van der Waals surface area (Å²) in [5.41, 5.74) is -3.73. The Kier molecular flexibility index (Phi) is 11.7. The molecule has 3 atom stereocenters. The maximum absolute atomic E-state index is 14.6. The smallest absolute Gasteiger partial charge is 0.408 e. The molecule has 1 aliphatic carbocycles. The van der Waals surface area contributed by atoms with Crippen molar-refractivity contribution >= 4 is 44.6 Å². The van der Waals surface area contributed by atoms with E-state index in [-0.39, 0.29) is 30.6 Å². The molecule has 284 valence electrons. The van der Waals surface area contributed by atoms with Gasteiger partial charge in [0.1, 0.15) is 34.7 Å². The van der Waals surface area contributed by atoms with Crippen LogP contribution in [-0.2, 0) is 29.1 Å². The van der Waals surface area contributed by atoms with E-state index < -0.39 is 67.8 Å². The zero-order chi connectivity index (χ0) is 38.8. The van der Waals surface area contributed by atoms with Crippen molar-refractivity contribution in [3.8, 4) is 11.6 Å². The third-order valence-corrected chi connectivity index (χ3v) is 10.3.